The van der Waals surface area contributed by atoms with Gasteiger partial charge in [-0.3, -0.25) is 0 Å². The van der Waals surface area contributed by atoms with E-state index in [2.05, 4.69) is 63.7 Å². The zero-order valence-corrected chi connectivity index (χ0v) is 22.3. The number of quaternary nitrogens is 1. The molecule has 0 saturated heterocycles. The van der Waals surface area contributed by atoms with E-state index in [1.807, 2.05) is 0 Å². The minimum absolute atomic E-state index is 0.863. The molecule has 0 atom stereocenters. The van der Waals surface area contributed by atoms with Gasteiger partial charge in [0.05, 0.1) is 14.1 Å². The van der Waals surface area contributed by atoms with Gasteiger partial charge < -0.3 is 0 Å². The maximum absolute atomic E-state index is 3.70. The van der Waals surface area contributed by atoms with Crippen LogP contribution in [-0.4, -0.2) is 25.2 Å². The molecule has 0 aliphatic carbocycles. The lowest BCUT2D eigenvalue weighted by Crippen LogP contribution is -2.51. The number of benzene rings is 1. The summed E-state index contributed by atoms with van der Waals surface area (Å²) in [6.45, 7) is 6.85. The summed E-state index contributed by atoms with van der Waals surface area (Å²) in [5.74, 6) is 0.889. The fourth-order valence-corrected chi connectivity index (χ4v) is 4.63. The fourth-order valence-electron chi connectivity index (χ4n) is 4.63. The maximum atomic E-state index is 3.70. The third kappa shape index (κ3) is 18.7. The molecule has 0 bridgehead atoms. The van der Waals surface area contributed by atoms with Crippen LogP contribution < -0.4 is 5.43 Å². The van der Waals surface area contributed by atoms with Gasteiger partial charge in [-0.2, -0.15) is 5.43 Å². The highest BCUT2D eigenvalue weighted by molar-refractivity contribution is 5.13. The molecule has 1 aromatic carbocycles. The molecule has 0 saturated carbocycles. The first-order chi connectivity index (χ1) is 15.5. The van der Waals surface area contributed by atoms with E-state index in [1.54, 1.807) is 0 Å². The molecule has 1 aromatic rings. The van der Waals surface area contributed by atoms with Gasteiger partial charge in [0.1, 0.15) is 6.54 Å². The lowest BCUT2D eigenvalue weighted by atomic mass is 10.0. The average molecular weight is 446 g/mol. The maximum Gasteiger partial charge on any atom is 0.121 e. The van der Waals surface area contributed by atoms with E-state index in [-0.39, 0.29) is 0 Å². The highest BCUT2D eigenvalue weighted by Gasteiger charge is 2.14. The predicted molar refractivity (Wildman–Crippen MR) is 144 cm³/mol. The number of hydrogen-bond acceptors (Lipinski definition) is 1. The summed E-state index contributed by atoms with van der Waals surface area (Å²) in [4.78, 5) is 0. The summed E-state index contributed by atoms with van der Waals surface area (Å²) in [6.07, 6.45) is 24.5. The Morgan fingerprint density at radius 3 is 1.44 bits per heavy atom. The number of unbranched alkanes of at least 4 members (excludes halogenated alkanes) is 15. The van der Waals surface area contributed by atoms with Crippen molar-refractivity contribution in [1.29, 1.82) is 0 Å². The second-order valence-corrected chi connectivity index (χ2v) is 11.1. The number of hydrogen-bond donors (Lipinski definition) is 1. The van der Waals surface area contributed by atoms with E-state index >= 15 is 0 Å². The number of nitrogens with one attached hydrogen (secondary N) is 1. The number of nitrogens with zero attached hydrogens (tertiary/aromatic N) is 1. The monoisotopic (exact) mass is 445 g/mol. The van der Waals surface area contributed by atoms with Gasteiger partial charge >= 0.3 is 0 Å². The van der Waals surface area contributed by atoms with Crippen molar-refractivity contribution in [3.05, 3.63) is 35.9 Å². The first-order valence-electron chi connectivity index (χ1n) is 14.1. The van der Waals surface area contributed by atoms with E-state index in [1.165, 1.54) is 115 Å². The Bertz CT molecular complexity index is 509. The van der Waals surface area contributed by atoms with Crippen molar-refractivity contribution >= 4 is 0 Å². The minimum atomic E-state index is 0.863. The molecule has 0 spiro atoms. The van der Waals surface area contributed by atoms with E-state index in [9.17, 15) is 0 Å². The van der Waals surface area contributed by atoms with Crippen LogP contribution in [0.2, 0.25) is 0 Å². The SMILES string of the molecule is CC(C)CCCCCCCCCCCCCCCCCCN[N+](C)(C)Cc1ccccc1. The van der Waals surface area contributed by atoms with Crippen molar-refractivity contribution in [3.8, 4) is 0 Å². The standard InChI is InChI=1S/C30H57N2/c1-29(2)24-20-17-15-13-11-9-7-5-6-8-10-12-14-16-18-23-27-31-32(3,4)28-30-25-21-19-22-26-30/h19,21-22,25-26,29,31H,5-18,20,23-24,27-28H2,1-4H3/q+1. The summed E-state index contributed by atoms with van der Waals surface area (Å²) in [5.41, 5.74) is 5.10. The lowest BCUT2D eigenvalue weighted by molar-refractivity contribution is -0.946. The average Bonchev–Trinajstić information content (AvgIpc) is 2.75. The van der Waals surface area contributed by atoms with Crippen molar-refractivity contribution in [2.75, 3.05) is 20.6 Å². The second kappa shape index (κ2) is 19.6. The summed E-state index contributed by atoms with van der Waals surface area (Å²) < 4.78 is 0.863. The van der Waals surface area contributed by atoms with Gasteiger partial charge in [-0.05, 0) is 12.3 Å². The largest absolute Gasteiger partial charge is 0.247 e. The Balaban J connectivity index is 1.77. The molecule has 186 valence electrons. The van der Waals surface area contributed by atoms with E-state index in [0.29, 0.717) is 0 Å². The van der Waals surface area contributed by atoms with Gasteiger partial charge in [-0.25, -0.2) is 4.59 Å². The van der Waals surface area contributed by atoms with Crippen LogP contribution in [0.4, 0.5) is 0 Å². The van der Waals surface area contributed by atoms with Crippen LogP contribution in [0.1, 0.15) is 129 Å². The Morgan fingerprint density at radius 2 is 1.00 bits per heavy atom. The zero-order valence-electron chi connectivity index (χ0n) is 22.3. The molecule has 1 N–H and O–H groups in total. The van der Waals surface area contributed by atoms with Crippen LogP contribution >= 0.6 is 0 Å². The van der Waals surface area contributed by atoms with Crippen LogP contribution in [-0.2, 0) is 6.54 Å². The van der Waals surface area contributed by atoms with Crippen LogP contribution in [0.25, 0.3) is 0 Å². The molecule has 0 radical (unpaired) electrons. The lowest BCUT2D eigenvalue weighted by Gasteiger charge is -2.29. The molecule has 0 unspecified atom stereocenters. The third-order valence-electron chi connectivity index (χ3n) is 6.67. The van der Waals surface area contributed by atoms with Gasteiger partial charge in [-0.15, -0.1) is 0 Å². The summed E-state index contributed by atoms with van der Waals surface area (Å²) in [5, 5.41) is 0. The van der Waals surface area contributed by atoms with Gasteiger partial charge in [-0.1, -0.05) is 147 Å². The highest BCUT2D eigenvalue weighted by Crippen LogP contribution is 2.15. The van der Waals surface area contributed by atoms with Crippen molar-refractivity contribution in [2.45, 2.75) is 130 Å². The highest BCUT2D eigenvalue weighted by atomic mass is 15.6. The molecule has 0 fully saturated rings. The molecule has 2 heteroatoms. The van der Waals surface area contributed by atoms with Crippen LogP contribution in [0.5, 0.6) is 0 Å². The smallest absolute Gasteiger partial charge is 0.121 e. The van der Waals surface area contributed by atoms with E-state index < -0.39 is 0 Å². The quantitative estimate of drug-likeness (QED) is 0.107. The minimum Gasteiger partial charge on any atom is -0.247 e. The van der Waals surface area contributed by atoms with Crippen molar-refractivity contribution in [1.82, 2.24) is 5.43 Å². The molecule has 0 aliphatic rings. The Hall–Kier alpha value is -0.860. The van der Waals surface area contributed by atoms with Crippen molar-refractivity contribution in [2.24, 2.45) is 5.92 Å². The molecule has 1 rings (SSSR count). The third-order valence-corrected chi connectivity index (χ3v) is 6.67. The Morgan fingerprint density at radius 1 is 0.594 bits per heavy atom. The normalized spacial score (nSPS) is 12.0. The fraction of sp³-hybridized carbons (Fsp3) is 0.800. The first-order valence-corrected chi connectivity index (χ1v) is 14.1. The van der Waals surface area contributed by atoms with Gasteiger partial charge in [0.2, 0.25) is 0 Å². The van der Waals surface area contributed by atoms with Crippen molar-refractivity contribution < 1.29 is 4.59 Å². The van der Waals surface area contributed by atoms with Gasteiger partial charge in [0.25, 0.3) is 0 Å². The molecule has 0 aromatic heterocycles. The number of rotatable bonds is 22. The van der Waals surface area contributed by atoms with Crippen LogP contribution in [0.15, 0.2) is 30.3 Å². The summed E-state index contributed by atoms with van der Waals surface area (Å²) in [6, 6.07) is 10.8. The van der Waals surface area contributed by atoms with Crippen LogP contribution in [0, 0.1) is 5.92 Å². The summed E-state index contributed by atoms with van der Waals surface area (Å²) >= 11 is 0. The zero-order chi connectivity index (χ0) is 23.3. The van der Waals surface area contributed by atoms with Crippen molar-refractivity contribution in [3.63, 3.8) is 0 Å². The Labute approximate surface area is 202 Å². The second-order valence-electron chi connectivity index (χ2n) is 11.1. The predicted octanol–water partition coefficient (Wildman–Crippen LogP) is 9.06. The first kappa shape index (κ1) is 29.2. The van der Waals surface area contributed by atoms with Crippen LogP contribution in [0.3, 0.4) is 0 Å². The molecule has 0 heterocycles. The van der Waals surface area contributed by atoms with E-state index in [0.717, 1.165) is 23.6 Å². The molecule has 0 aliphatic heterocycles. The Kier molecular flexibility index (Phi) is 17.9. The van der Waals surface area contributed by atoms with E-state index in [4.69, 9.17) is 0 Å². The summed E-state index contributed by atoms with van der Waals surface area (Å²) in [7, 11) is 4.53. The molecular weight excluding hydrogens is 388 g/mol. The van der Waals surface area contributed by atoms with Gasteiger partial charge in [0, 0.05) is 12.1 Å². The molecular formula is C30H57N2+. The molecule has 2 nitrogen and oxygen atoms in total. The topological polar surface area (TPSA) is 12.0 Å². The molecule has 0 amide bonds. The van der Waals surface area contributed by atoms with Gasteiger partial charge in [0.15, 0.2) is 0 Å². The molecule has 32 heavy (non-hydrogen) atoms.